The Bertz CT molecular complexity index is 1050. The number of fused-ring (bicyclic) bond motifs is 2. The first-order valence-corrected chi connectivity index (χ1v) is 9.60. The summed E-state index contributed by atoms with van der Waals surface area (Å²) in [6, 6.07) is 11.8. The minimum Gasteiger partial charge on any atom is -0.491 e. The molecule has 2 aromatic carbocycles. The van der Waals surface area contributed by atoms with E-state index < -0.39 is 12.6 Å². The van der Waals surface area contributed by atoms with Crippen molar-refractivity contribution in [3.8, 4) is 5.75 Å². The van der Waals surface area contributed by atoms with E-state index in [1.165, 1.54) is 4.90 Å². The number of nitrogens with zero attached hydrogens (tertiary/aromatic N) is 1. The summed E-state index contributed by atoms with van der Waals surface area (Å²) in [5.41, 5.74) is 2.27. The molecule has 0 aromatic heterocycles. The molecule has 1 atom stereocenters. The van der Waals surface area contributed by atoms with Gasteiger partial charge >= 0.3 is 5.97 Å². The minimum atomic E-state index is -0.695. The zero-order valence-corrected chi connectivity index (χ0v) is 16.3. The lowest BCUT2D eigenvalue weighted by atomic mass is 9.99. The molecule has 0 radical (unpaired) electrons. The van der Waals surface area contributed by atoms with Crippen molar-refractivity contribution in [3.05, 3.63) is 53.6 Å². The van der Waals surface area contributed by atoms with Crippen molar-refractivity contribution in [2.45, 2.75) is 19.3 Å². The standard InChI is InChI=1S/C22H20N2O6/c1-13-15-10-14(6-7-16(15)23-22(13)28)18(25)12-30-21(27)11-24-17-4-2-3-5-19(17)29-9-8-20(24)26/h2-7,10,13H,8-9,11-12H2,1H3,(H,23,28)/t13-/m0/s1. The lowest BCUT2D eigenvalue weighted by Crippen LogP contribution is -2.36. The highest BCUT2D eigenvalue weighted by molar-refractivity contribution is 6.05. The number of benzene rings is 2. The van der Waals surface area contributed by atoms with Crippen LogP contribution in [-0.4, -0.2) is 43.3 Å². The summed E-state index contributed by atoms with van der Waals surface area (Å²) >= 11 is 0. The van der Waals surface area contributed by atoms with Crippen LogP contribution in [0.25, 0.3) is 0 Å². The topological polar surface area (TPSA) is 102 Å². The van der Waals surface area contributed by atoms with E-state index in [0.29, 0.717) is 22.7 Å². The third kappa shape index (κ3) is 3.76. The van der Waals surface area contributed by atoms with E-state index in [9.17, 15) is 19.2 Å². The molecule has 8 heteroatoms. The first-order chi connectivity index (χ1) is 14.4. The third-order valence-electron chi connectivity index (χ3n) is 5.17. The van der Waals surface area contributed by atoms with Gasteiger partial charge in [-0.3, -0.25) is 24.1 Å². The molecule has 0 unspecified atom stereocenters. The van der Waals surface area contributed by atoms with Crippen molar-refractivity contribution in [2.75, 3.05) is 30.0 Å². The Morgan fingerprint density at radius 2 is 2.00 bits per heavy atom. The molecule has 8 nitrogen and oxygen atoms in total. The maximum absolute atomic E-state index is 12.5. The fraction of sp³-hybridized carbons (Fsp3) is 0.273. The number of hydrogen-bond acceptors (Lipinski definition) is 6. The van der Waals surface area contributed by atoms with Crippen LogP contribution in [0.15, 0.2) is 42.5 Å². The SMILES string of the molecule is C[C@@H]1C(=O)Nc2ccc(C(=O)COC(=O)CN3C(=O)CCOc4ccccc43)cc21. The molecular formula is C22H20N2O6. The predicted octanol–water partition coefficient (Wildman–Crippen LogP) is 2.28. The summed E-state index contributed by atoms with van der Waals surface area (Å²) in [7, 11) is 0. The molecule has 2 amide bonds. The highest BCUT2D eigenvalue weighted by atomic mass is 16.5. The number of hydrogen-bond donors (Lipinski definition) is 1. The Kier molecular flexibility index (Phi) is 5.22. The smallest absolute Gasteiger partial charge is 0.326 e. The van der Waals surface area contributed by atoms with E-state index in [2.05, 4.69) is 5.32 Å². The van der Waals surface area contributed by atoms with Gasteiger partial charge in [0.15, 0.2) is 12.4 Å². The van der Waals surface area contributed by atoms with Crippen LogP contribution in [0.4, 0.5) is 11.4 Å². The van der Waals surface area contributed by atoms with Crippen LogP contribution in [0.3, 0.4) is 0 Å². The predicted molar refractivity (Wildman–Crippen MR) is 108 cm³/mol. The molecule has 0 aliphatic carbocycles. The van der Waals surface area contributed by atoms with Crippen LogP contribution in [0, 0.1) is 0 Å². The Labute approximate surface area is 172 Å². The first-order valence-electron chi connectivity index (χ1n) is 9.60. The van der Waals surface area contributed by atoms with Crippen LogP contribution < -0.4 is 15.0 Å². The van der Waals surface area contributed by atoms with Crippen molar-refractivity contribution in [1.29, 1.82) is 0 Å². The molecule has 0 fully saturated rings. The molecule has 2 aliphatic heterocycles. The van der Waals surface area contributed by atoms with E-state index in [1.54, 1.807) is 49.4 Å². The van der Waals surface area contributed by atoms with Gasteiger partial charge in [-0.05, 0) is 42.8 Å². The number of rotatable bonds is 5. The number of carbonyl (C=O) groups excluding carboxylic acids is 4. The first kappa shape index (κ1) is 19.6. The van der Waals surface area contributed by atoms with Crippen LogP contribution in [0.5, 0.6) is 5.75 Å². The van der Waals surface area contributed by atoms with Gasteiger partial charge in [-0.15, -0.1) is 0 Å². The zero-order chi connectivity index (χ0) is 21.3. The summed E-state index contributed by atoms with van der Waals surface area (Å²) in [4.78, 5) is 50.2. The number of anilines is 2. The van der Waals surface area contributed by atoms with Gasteiger partial charge in [-0.1, -0.05) is 12.1 Å². The molecule has 154 valence electrons. The normalized spacial score (nSPS) is 17.4. The fourth-order valence-electron chi connectivity index (χ4n) is 3.49. The van der Waals surface area contributed by atoms with Gasteiger partial charge in [-0.25, -0.2) is 0 Å². The minimum absolute atomic E-state index is 0.118. The van der Waals surface area contributed by atoms with Gasteiger partial charge in [0.2, 0.25) is 11.8 Å². The zero-order valence-electron chi connectivity index (χ0n) is 16.3. The highest BCUT2D eigenvalue weighted by Crippen LogP contribution is 2.33. The van der Waals surface area contributed by atoms with Crippen LogP contribution >= 0.6 is 0 Å². The molecule has 0 spiro atoms. The number of para-hydroxylation sites is 2. The van der Waals surface area contributed by atoms with Crippen LogP contribution in [0.1, 0.15) is 35.2 Å². The molecule has 0 saturated heterocycles. The molecule has 0 bridgehead atoms. The van der Waals surface area contributed by atoms with Crippen molar-refractivity contribution >= 4 is 34.9 Å². The average Bonchev–Trinajstić information content (AvgIpc) is 2.93. The monoisotopic (exact) mass is 408 g/mol. The van der Waals surface area contributed by atoms with E-state index in [1.807, 2.05) is 0 Å². The molecular weight excluding hydrogens is 388 g/mol. The number of ketones is 1. The molecule has 4 rings (SSSR count). The highest BCUT2D eigenvalue weighted by Gasteiger charge is 2.28. The maximum atomic E-state index is 12.5. The number of amides is 2. The van der Waals surface area contributed by atoms with Gasteiger partial charge in [0.05, 0.1) is 24.6 Å². The van der Waals surface area contributed by atoms with Crippen LogP contribution in [0.2, 0.25) is 0 Å². The van der Waals surface area contributed by atoms with E-state index >= 15 is 0 Å². The van der Waals surface area contributed by atoms with Gasteiger partial charge in [0.1, 0.15) is 12.3 Å². The molecule has 2 aromatic rings. The maximum Gasteiger partial charge on any atom is 0.326 e. The Hall–Kier alpha value is -3.68. The molecule has 1 N–H and O–H groups in total. The summed E-state index contributed by atoms with van der Waals surface area (Å²) in [5, 5.41) is 2.74. The third-order valence-corrected chi connectivity index (χ3v) is 5.17. The van der Waals surface area contributed by atoms with Gasteiger partial charge in [-0.2, -0.15) is 0 Å². The summed E-state index contributed by atoms with van der Waals surface area (Å²) in [5.74, 6) is -1.28. The average molecular weight is 408 g/mol. The number of nitrogens with one attached hydrogen (secondary N) is 1. The lowest BCUT2D eigenvalue weighted by Gasteiger charge is -2.20. The Balaban J connectivity index is 1.40. The molecule has 0 saturated carbocycles. The summed E-state index contributed by atoms with van der Waals surface area (Å²) in [6.45, 7) is 1.23. The second-order valence-electron chi connectivity index (χ2n) is 7.14. The summed E-state index contributed by atoms with van der Waals surface area (Å²) < 4.78 is 10.7. The number of Topliss-reactive ketones (excluding diaryl/α,β-unsaturated/α-hetero) is 1. The van der Waals surface area contributed by atoms with Gasteiger partial charge in [0.25, 0.3) is 0 Å². The van der Waals surface area contributed by atoms with E-state index in [4.69, 9.17) is 9.47 Å². The number of carbonyl (C=O) groups is 4. The second kappa shape index (κ2) is 7.98. The van der Waals surface area contributed by atoms with Crippen molar-refractivity contribution in [3.63, 3.8) is 0 Å². The van der Waals surface area contributed by atoms with Crippen molar-refractivity contribution < 1.29 is 28.7 Å². The quantitative estimate of drug-likeness (QED) is 0.602. The second-order valence-corrected chi connectivity index (χ2v) is 7.14. The van der Waals surface area contributed by atoms with Gasteiger partial charge in [0, 0.05) is 11.3 Å². The van der Waals surface area contributed by atoms with Gasteiger partial charge < -0.3 is 14.8 Å². The Morgan fingerprint density at radius 3 is 2.83 bits per heavy atom. The van der Waals surface area contributed by atoms with Crippen molar-refractivity contribution in [2.24, 2.45) is 0 Å². The summed E-state index contributed by atoms with van der Waals surface area (Å²) in [6.07, 6.45) is 0.140. The van der Waals surface area contributed by atoms with E-state index in [-0.39, 0.29) is 43.1 Å². The van der Waals surface area contributed by atoms with Crippen LogP contribution in [-0.2, 0) is 19.1 Å². The number of esters is 1. The fourth-order valence-corrected chi connectivity index (χ4v) is 3.49. The number of ether oxygens (including phenoxy) is 2. The molecule has 30 heavy (non-hydrogen) atoms. The Morgan fingerprint density at radius 1 is 1.20 bits per heavy atom. The van der Waals surface area contributed by atoms with Crippen molar-refractivity contribution in [1.82, 2.24) is 0 Å². The molecule has 2 heterocycles. The van der Waals surface area contributed by atoms with E-state index in [0.717, 1.165) is 5.56 Å². The lowest BCUT2D eigenvalue weighted by molar-refractivity contribution is -0.141. The largest absolute Gasteiger partial charge is 0.491 e. The molecule has 2 aliphatic rings.